The molecule has 0 bridgehead atoms. The highest BCUT2D eigenvalue weighted by Gasteiger charge is 2.21. The van der Waals surface area contributed by atoms with E-state index in [4.69, 9.17) is 0 Å². The Kier molecular flexibility index (Phi) is 6.85. The average Bonchev–Trinajstić information content (AvgIpc) is 2.46. The lowest BCUT2D eigenvalue weighted by Gasteiger charge is -2.16. The molecule has 0 radical (unpaired) electrons. The fraction of sp³-hybridized carbons (Fsp3) is 0.500. The Balaban J connectivity index is 2.62. The van der Waals surface area contributed by atoms with Crippen molar-refractivity contribution in [1.29, 1.82) is 0 Å². The summed E-state index contributed by atoms with van der Waals surface area (Å²) in [6.07, 6.45) is 2.25. The van der Waals surface area contributed by atoms with Crippen LogP contribution in [0.5, 0.6) is 0 Å². The number of nitrogens with one attached hydrogen (secondary N) is 1. The summed E-state index contributed by atoms with van der Waals surface area (Å²) < 4.78 is 12.9. The second-order valence-corrected chi connectivity index (χ2v) is 5.13. The van der Waals surface area contributed by atoms with Crippen LogP contribution in [0, 0.1) is 11.7 Å². The van der Waals surface area contributed by atoms with Crippen LogP contribution < -0.4 is 5.32 Å². The van der Waals surface area contributed by atoms with E-state index in [1.165, 1.54) is 24.3 Å². The Morgan fingerprint density at radius 3 is 2.24 bits per heavy atom. The van der Waals surface area contributed by atoms with E-state index in [-0.39, 0.29) is 12.5 Å². The van der Waals surface area contributed by atoms with Crippen molar-refractivity contribution in [3.05, 3.63) is 35.6 Å². The lowest BCUT2D eigenvalue weighted by molar-refractivity contribution is -0.138. The molecule has 4 nitrogen and oxygen atoms in total. The quantitative estimate of drug-likeness (QED) is 0.775. The molecule has 21 heavy (non-hydrogen) atoms. The maximum Gasteiger partial charge on any atom is 0.312 e. The molecule has 0 saturated heterocycles. The Hall–Kier alpha value is -1.91. The lowest BCUT2D eigenvalue weighted by atomic mass is 9.97. The topological polar surface area (TPSA) is 66.4 Å². The van der Waals surface area contributed by atoms with Gasteiger partial charge in [0.25, 0.3) is 0 Å². The molecule has 0 saturated carbocycles. The van der Waals surface area contributed by atoms with Gasteiger partial charge in [0.2, 0.25) is 5.91 Å². The minimum absolute atomic E-state index is 0.0138. The summed E-state index contributed by atoms with van der Waals surface area (Å²) in [5, 5.41) is 11.9. The zero-order chi connectivity index (χ0) is 15.8. The van der Waals surface area contributed by atoms with Crippen molar-refractivity contribution < 1.29 is 19.1 Å². The molecule has 1 amide bonds. The van der Waals surface area contributed by atoms with Gasteiger partial charge in [-0.3, -0.25) is 9.59 Å². The number of rotatable bonds is 8. The largest absolute Gasteiger partial charge is 0.481 e. The van der Waals surface area contributed by atoms with Gasteiger partial charge in [0.15, 0.2) is 0 Å². The highest BCUT2D eigenvalue weighted by molar-refractivity contribution is 5.79. The molecule has 5 heteroatoms. The van der Waals surface area contributed by atoms with E-state index in [9.17, 15) is 19.1 Å². The van der Waals surface area contributed by atoms with Gasteiger partial charge in [-0.1, -0.05) is 38.8 Å². The number of hydrogen-bond acceptors (Lipinski definition) is 2. The van der Waals surface area contributed by atoms with Crippen molar-refractivity contribution in [2.24, 2.45) is 5.92 Å². The summed E-state index contributed by atoms with van der Waals surface area (Å²) in [5.41, 5.74) is 0.478. The smallest absolute Gasteiger partial charge is 0.312 e. The van der Waals surface area contributed by atoms with Crippen molar-refractivity contribution in [2.45, 2.75) is 39.0 Å². The monoisotopic (exact) mass is 295 g/mol. The molecule has 0 spiro atoms. The van der Waals surface area contributed by atoms with Crippen molar-refractivity contribution >= 4 is 11.9 Å². The molecule has 1 rings (SSSR count). The molecule has 0 heterocycles. The van der Waals surface area contributed by atoms with E-state index >= 15 is 0 Å². The third-order valence-electron chi connectivity index (χ3n) is 3.70. The zero-order valence-corrected chi connectivity index (χ0v) is 12.4. The number of carboxylic acids is 1. The van der Waals surface area contributed by atoms with Crippen LogP contribution in [0.25, 0.3) is 0 Å². The molecule has 0 aliphatic heterocycles. The first-order valence-electron chi connectivity index (χ1n) is 7.22. The molecular weight excluding hydrogens is 273 g/mol. The van der Waals surface area contributed by atoms with Crippen LogP contribution >= 0.6 is 0 Å². The third-order valence-corrected chi connectivity index (χ3v) is 3.70. The molecule has 0 aliphatic rings. The molecule has 2 N–H and O–H groups in total. The van der Waals surface area contributed by atoms with Crippen LogP contribution in [0.4, 0.5) is 4.39 Å². The predicted octanol–water partition coefficient (Wildman–Crippen LogP) is 2.94. The van der Waals surface area contributed by atoms with E-state index in [1.807, 2.05) is 13.8 Å². The van der Waals surface area contributed by atoms with Crippen LogP contribution in [0.15, 0.2) is 24.3 Å². The van der Waals surface area contributed by atoms with Crippen molar-refractivity contribution in [3.63, 3.8) is 0 Å². The van der Waals surface area contributed by atoms with E-state index in [2.05, 4.69) is 5.32 Å². The fourth-order valence-corrected chi connectivity index (χ4v) is 2.17. The molecule has 1 aromatic rings. The summed E-state index contributed by atoms with van der Waals surface area (Å²) >= 11 is 0. The molecule has 1 unspecified atom stereocenters. The zero-order valence-electron chi connectivity index (χ0n) is 12.4. The first-order chi connectivity index (χ1) is 9.97. The summed E-state index contributed by atoms with van der Waals surface area (Å²) in [5.74, 6) is -2.14. The maximum atomic E-state index is 12.9. The van der Waals surface area contributed by atoms with E-state index in [0.717, 1.165) is 12.8 Å². The van der Waals surface area contributed by atoms with Crippen molar-refractivity contribution in [1.82, 2.24) is 5.32 Å². The summed E-state index contributed by atoms with van der Waals surface area (Å²) in [7, 11) is 0. The minimum atomic E-state index is -1.04. The molecule has 116 valence electrons. The van der Waals surface area contributed by atoms with Gasteiger partial charge in [0, 0.05) is 13.0 Å². The van der Waals surface area contributed by atoms with Crippen molar-refractivity contribution in [3.8, 4) is 0 Å². The Labute approximate surface area is 124 Å². The number of carbonyl (C=O) groups is 2. The predicted molar refractivity (Wildman–Crippen MR) is 78.5 cm³/mol. The highest BCUT2D eigenvalue weighted by Crippen LogP contribution is 2.17. The van der Waals surface area contributed by atoms with Gasteiger partial charge >= 0.3 is 5.97 Å². The van der Waals surface area contributed by atoms with Crippen LogP contribution in [0.2, 0.25) is 0 Å². The molecule has 0 aromatic heterocycles. The van der Waals surface area contributed by atoms with Gasteiger partial charge in [-0.15, -0.1) is 0 Å². The SMILES string of the molecule is CCC(CC)CC(=O)NCC(C(=O)O)c1ccc(F)cc1. The molecule has 0 aliphatic carbocycles. The first-order valence-corrected chi connectivity index (χ1v) is 7.22. The van der Waals surface area contributed by atoms with Gasteiger partial charge in [-0.05, 0) is 23.6 Å². The van der Waals surface area contributed by atoms with E-state index < -0.39 is 17.7 Å². The van der Waals surface area contributed by atoms with Gasteiger partial charge in [-0.25, -0.2) is 4.39 Å². The summed E-state index contributed by atoms with van der Waals surface area (Å²) in [6, 6.07) is 5.30. The Bertz CT molecular complexity index is 469. The standard InChI is InChI=1S/C16H22FNO3/c1-3-11(4-2)9-15(19)18-10-14(16(20)21)12-5-7-13(17)8-6-12/h5-8,11,14H,3-4,9-10H2,1-2H3,(H,18,19)(H,20,21). The number of carboxylic acid groups (broad SMARTS) is 1. The van der Waals surface area contributed by atoms with Crippen LogP contribution in [-0.4, -0.2) is 23.5 Å². The van der Waals surface area contributed by atoms with Crippen LogP contribution in [0.3, 0.4) is 0 Å². The highest BCUT2D eigenvalue weighted by atomic mass is 19.1. The molecular formula is C16H22FNO3. The van der Waals surface area contributed by atoms with Crippen molar-refractivity contribution in [2.75, 3.05) is 6.54 Å². The van der Waals surface area contributed by atoms with Crippen LogP contribution in [-0.2, 0) is 9.59 Å². The van der Waals surface area contributed by atoms with Crippen LogP contribution in [0.1, 0.15) is 44.6 Å². The summed E-state index contributed by atoms with van der Waals surface area (Å²) in [4.78, 5) is 23.1. The third kappa shape index (κ3) is 5.53. The Morgan fingerprint density at radius 1 is 1.19 bits per heavy atom. The lowest BCUT2D eigenvalue weighted by Crippen LogP contribution is -2.32. The van der Waals surface area contributed by atoms with E-state index in [0.29, 0.717) is 17.9 Å². The molecule has 0 fully saturated rings. The van der Waals surface area contributed by atoms with Gasteiger partial charge in [0.1, 0.15) is 5.82 Å². The number of benzene rings is 1. The molecule has 1 aromatic carbocycles. The second-order valence-electron chi connectivity index (χ2n) is 5.13. The average molecular weight is 295 g/mol. The van der Waals surface area contributed by atoms with Gasteiger partial charge < -0.3 is 10.4 Å². The Morgan fingerprint density at radius 2 is 1.76 bits per heavy atom. The number of amides is 1. The minimum Gasteiger partial charge on any atom is -0.481 e. The fourth-order valence-electron chi connectivity index (χ4n) is 2.17. The maximum absolute atomic E-state index is 12.9. The van der Waals surface area contributed by atoms with E-state index in [1.54, 1.807) is 0 Å². The second kappa shape index (κ2) is 8.39. The first kappa shape index (κ1) is 17.1. The van der Waals surface area contributed by atoms with Gasteiger partial charge in [0.05, 0.1) is 5.92 Å². The number of carbonyl (C=O) groups excluding carboxylic acids is 1. The normalized spacial score (nSPS) is 12.2. The summed E-state index contributed by atoms with van der Waals surface area (Å²) in [6.45, 7) is 4.07. The molecule has 1 atom stereocenters. The number of halogens is 1. The number of aliphatic carboxylic acids is 1. The number of hydrogen-bond donors (Lipinski definition) is 2. The van der Waals surface area contributed by atoms with Gasteiger partial charge in [-0.2, -0.15) is 0 Å².